The van der Waals surface area contributed by atoms with Gasteiger partial charge < -0.3 is 0 Å². The van der Waals surface area contributed by atoms with Gasteiger partial charge in [-0.1, -0.05) is 61.7 Å². The topological polar surface area (TPSA) is 0 Å². The molecule has 0 aromatic heterocycles. The third-order valence-corrected chi connectivity index (χ3v) is 4.02. The Morgan fingerprint density at radius 2 is 2.08 bits per heavy atom. The van der Waals surface area contributed by atoms with Crippen LogP contribution < -0.4 is 0 Å². The summed E-state index contributed by atoms with van der Waals surface area (Å²) in [5, 5.41) is 0. The standard InChI is InChI=1S/C10H10Br2/c1-7-3-2-4-8(5-7)9-6-10(9,11)12/h2-5,9H,6H2,1H3/t9-/m1/s1. The average Bonchev–Trinajstić information content (AvgIpc) is 2.60. The molecule has 1 aliphatic rings. The number of hydrogen-bond donors (Lipinski definition) is 0. The third kappa shape index (κ3) is 1.60. The lowest BCUT2D eigenvalue weighted by molar-refractivity contribution is 1.12. The van der Waals surface area contributed by atoms with E-state index in [2.05, 4.69) is 63.0 Å². The van der Waals surface area contributed by atoms with E-state index < -0.39 is 0 Å². The summed E-state index contributed by atoms with van der Waals surface area (Å²) in [6.45, 7) is 2.13. The average molecular weight is 290 g/mol. The zero-order chi connectivity index (χ0) is 8.77. The van der Waals surface area contributed by atoms with Crippen LogP contribution in [0.15, 0.2) is 24.3 Å². The first kappa shape index (κ1) is 8.76. The van der Waals surface area contributed by atoms with Gasteiger partial charge in [0.2, 0.25) is 0 Å². The first-order valence-electron chi connectivity index (χ1n) is 4.04. The Bertz CT molecular complexity index is 304. The van der Waals surface area contributed by atoms with Crippen LogP contribution in [0.1, 0.15) is 23.5 Å². The molecule has 0 aliphatic heterocycles. The highest BCUT2D eigenvalue weighted by Gasteiger charge is 2.50. The maximum absolute atomic E-state index is 3.63. The Labute approximate surface area is 89.6 Å². The zero-order valence-corrected chi connectivity index (χ0v) is 10.0. The Balaban J connectivity index is 2.26. The van der Waals surface area contributed by atoms with Gasteiger partial charge in [-0.3, -0.25) is 0 Å². The van der Waals surface area contributed by atoms with Crippen LogP contribution in [-0.4, -0.2) is 3.23 Å². The van der Waals surface area contributed by atoms with Crippen LogP contribution in [0.25, 0.3) is 0 Å². The van der Waals surface area contributed by atoms with Gasteiger partial charge in [-0.15, -0.1) is 0 Å². The molecule has 2 rings (SSSR count). The smallest absolute Gasteiger partial charge is 0.0720 e. The van der Waals surface area contributed by atoms with Gasteiger partial charge in [0.25, 0.3) is 0 Å². The van der Waals surface area contributed by atoms with Gasteiger partial charge >= 0.3 is 0 Å². The highest BCUT2D eigenvalue weighted by atomic mass is 79.9. The molecular formula is C10H10Br2. The number of alkyl halides is 2. The molecule has 0 heterocycles. The van der Waals surface area contributed by atoms with Crippen molar-refractivity contribution in [2.75, 3.05) is 0 Å². The summed E-state index contributed by atoms with van der Waals surface area (Å²) in [7, 11) is 0. The molecule has 0 bridgehead atoms. The molecule has 1 aromatic carbocycles. The molecular weight excluding hydrogens is 280 g/mol. The zero-order valence-electron chi connectivity index (χ0n) is 6.85. The summed E-state index contributed by atoms with van der Waals surface area (Å²) in [4.78, 5) is 0. The molecule has 64 valence electrons. The second kappa shape index (κ2) is 2.85. The van der Waals surface area contributed by atoms with Crippen LogP contribution in [0, 0.1) is 6.92 Å². The minimum Gasteiger partial charge on any atom is -0.0720 e. The Kier molecular flexibility index (Phi) is 2.08. The Hall–Kier alpha value is 0.180. The fourth-order valence-corrected chi connectivity index (χ4v) is 2.64. The van der Waals surface area contributed by atoms with E-state index in [9.17, 15) is 0 Å². The first-order valence-corrected chi connectivity index (χ1v) is 5.62. The van der Waals surface area contributed by atoms with Crippen molar-refractivity contribution in [1.29, 1.82) is 0 Å². The predicted molar refractivity (Wildman–Crippen MR) is 59.1 cm³/mol. The normalized spacial score (nSPS) is 25.4. The molecule has 1 atom stereocenters. The van der Waals surface area contributed by atoms with E-state index in [0.717, 1.165) is 0 Å². The molecule has 0 amide bonds. The second-order valence-corrected chi connectivity index (χ2v) is 7.33. The van der Waals surface area contributed by atoms with E-state index >= 15 is 0 Å². The Morgan fingerprint density at radius 3 is 2.58 bits per heavy atom. The van der Waals surface area contributed by atoms with Crippen molar-refractivity contribution in [2.45, 2.75) is 22.5 Å². The summed E-state index contributed by atoms with van der Waals surface area (Å²) < 4.78 is 0.188. The summed E-state index contributed by atoms with van der Waals surface area (Å²) in [6, 6.07) is 8.71. The second-order valence-electron chi connectivity index (χ2n) is 3.43. The summed E-state index contributed by atoms with van der Waals surface area (Å²) >= 11 is 7.26. The van der Waals surface area contributed by atoms with Crippen LogP contribution in [0.3, 0.4) is 0 Å². The number of hydrogen-bond acceptors (Lipinski definition) is 0. The quantitative estimate of drug-likeness (QED) is 0.686. The maximum atomic E-state index is 3.63. The van der Waals surface area contributed by atoms with E-state index in [1.54, 1.807) is 0 Å². The summed E-state index contributed by atoms with van der Waals surface area (Å²) in [6.07, 6.45) is 1.19. The predicted octanol–water partition coefficient (Wildman–Crippen LogP) is 3.97. The van der Waals surface area contributed by atoms with E-state index in [-0.39, 0.29) is 3.23 Å². The van der Waals surface area contributed by atoms with Crippen LogP contribution >= 0.6 is 31.9 Å². The van der Waals surface area contributed by atoms with E-state index in [1.807, 2.05) is 0 Å². The van der Waals surface area contributed by atoms with Gasteiger partial charge in [0.15, 0.2) is 0 Å². The van der Waals surface area contributed by atoms with Crippen molar-refractivity contribution in [2.24, 2.45) is 0 Å². The molecule has 0 N–H and O–H groups in total. The SMILES string of the molecule is Cc1cccc([C@H]2CC2(Br)Br)c1. The Morgan fingerprint density at radius 1 is 1.42 bits per heavy atom. The van der Waals surface area contributed by atoms with Crippen molar-refractivity contribution in [3.63, 3.8) is 0 Å². The molecule has 1 saturated carbocycles. The molecule has 0 saturated heterocycles. The molecule has 0 radical (unpaired) electrons. The van der Waals surface area contributed by atoms with Gasteiger partial charge in [0.1, 0.15) is 0 Å². The highest BCUT2D eigenvalue weighted by molar-refractivity contribution is 9.25. The van der Waals surface area contributed by atoms with Crippen molar-refractivity contribution in [3.05, 3.63) is 35.4 Å². The molecule has 1 aliphatic carbocycles. The van der Waals surface area contributed by atoms with Crippen molar-refractivity contribution < 1.29 is 0 Å². The summed E-state index contributed by atoms with van der Waals surface area (Å²) in [5.74, 6) is 0.650. The van der Waals surface area contributed by atoms with Crippen molar-refractivity contribution >= 4 is 31.9 Å². The van der Waals surface area contributed by atoms with Gasteiger partial charge in [0, 0.05) is 5.92 Å². The fraction of sp³-hybridized carbons (Fsp3) is 0.400. The number of benzene rings is 1. The molecule has 0 nitrogen and oxygen atoms in total. The van der Waals surface area contributed by atoms with Crippen LogP contribution in [-0.2, 0) is 0 Å². The van der Waals surface area contributed by atoms with Crippen LogP contribution in [0.5, 0.6) is 0 Å². The number of halogens is 2. The monoisotopic (exact) mass is 288 g/mol. The van der Waals surface area contributed by atoms with Gasteiger partial charge in [-0.2, -0.15) is 0 Å². The minimum absolute atomic E-state index is 0.188. The molecule has 2 heteroatoms. The third-order valence-electron chi connectivity index (χ3n) is 2.27. The minimum atomic E-state index is 0.188. The van der Waals surface area contributed by atoms with E-state index in [0.29, 0.717) is 5.92 Å². The number of rotatable bonds is 1. The highest BCUT2D eigenvalue weighted by Crippen LogP contribution is 2.62. The van der Waals surface area contributed by atoms with E-state index in [1.165, 1.54) is 17.5 Å². The van der Waals surface area contributed by atoms with E-state index in [4.69, 9.17) is 0 Å². The van der Waals surface area contributed by atoms with Crippen LogP contribution in [0.2, 0.25) is 0 Å². The largest absolute Gasteiger partial charge is 0.0881 e. The van der Waals surface area contributed by atoms with Crippen LogP contribution in [0.4, 0.5) is 0 Å². The lowest BCUT2D eigenvalue weighted by Crippen LogP contribution is -1.88. The lowest BCUT2D eigenvalue weighted by Gasteiger charge is -2.01. The van der Waals surface area contributed by atoms with Gasteiger partial charge in [-0.05, 0) is 18.9 Å². The summed E-state index contributed by atoms with van der Waals surface area (Å²) in [5.41, 5.74) is 2.78. The molecule has 1 fully saturated rings. The fourth-order valence-electron chi connectivity index (χ4n) is 1.46. The molecule has 1 aromatic rings. The van der Waals surface area contributed by atoms with Gasteiger partial charge in [-0.25, -0.2) is 0 Å². The maximum Gasteiger partial charge on any atom is 0.0881 e. The van der Waals surface area contributed by atoms with Crippen molar-refractivity contribution in [1.82, 2.24) is 0 Å². The molecule has 12 heavy (non-hydrogen) atoms. The van der Waals surface area contributed by atoms with Crippen molar-refractivity contribution in [3.8, 4) is 0 Å². The first-order chi connectivity index (χ1) is 5.59. The van der Waals surface area contributed by atoms with Gasteiger partial charge in [0.05, 0.1) is 3.23 Å². The number of aryl methyl sites for hydroxylation is 1. The molecule has 0 spiro atoms. The lowest BCUT2D eigenvalue weighted by atomic mass is 10.1. The molecule has 0 unspecified atom stereocenters.